The molecule has 0 atom stereocenters. The normalized spacial score (nSPS) is 16.1. The van der Waals surface area contributed by atoms with E-state index in [2.05, 4.69) is 85.9 Å². The largest absolute Gasteiger partial charge is 0.396 e. The summed E-state index contributed by atoms with van der Waals surface area (Å²) in [4.78, 5) is 0. The summed E-state index contributed by atoms with van der Waals surface area (Å²) in [5, 5.41) is 12.9. The van der Waals surface area contributed by atoms with Crippen molar-refractivity contribution in [3.8, 4) is 0 Å². The molecule has 0 aliphatic carbocycles. The zero-order valence-electron chi connectivity index (χ0n) is 17.9. The first kappa shape index (κ1) is 21.3. The fourth-order valence-corrected chi connectivity index (χ4v) is 3.80. The van der Waals surface area contributed by atoms with Gasteiger partial charge in [-0.05, 0) is 67.0 Å². The third-order valence-electron chi connectivity index (χ3n) is 5.69. The van der Waals surface area contributed by atoms with Gasteiger partial charge in [0.2, 0.25) is 0 Å². The van der Waals surface area contributed by atoms with E-state index in [1.165, 1.54) is 39.0 Å². The van der Waals surface area contributed by atoms with Gasteiger partial charge in [0.15, 0.2) is 0 Å². The highest BCUT2D eigenvalue weighted by atomic mass is 16.2. The second kappa shape index (κ2) is 10.4. The van der Waals surface area contributed by atoms with Crippen LogP contribution in [0.25, 0.3) is 5.57 Å². The molecule has 0 unspecified atom stereocenters. The van der Waals surface area contributed by atoms with Crippen LogP contribution < -0.4 is 5.32 Å². The predicted molar refractivity (Wildman–Crippen MR) is 124 cm³/mol. The molecule has 1 saturated heterocycles. The molecule has 2 N–H and O–H groups in total. The number of benzene rings is 2. The van der Waals surface area contributed by atoms with Crippen molar-refractivity contribution >= 4 is 5.57 Å². The molecule has 1 fully saturated rings. The number of rotatable bonds is 8. The lowest BCUT2D eigenvalue weighted by molar-refractivity contribution is 0.289. The quantitative estimate of drug-likeness (QED) is 0.563. The van der Waals surface area contributed by atoms with Crippen molar-refractivity contribution in [3.63, 3.8) is 0 Å². The summed E-state index contributed by atoms with van der Waals surface area (Å²) < 4.78 is 0. The summed E-state index contributed by atoms with van der Waals surface area (Å²) in [5.41, 5.74) is 8.97. The van der Waals surface area contributed by atoms with Crippen molar-refractivity contribution in [2.75, 3.05) is 19.7 Å². The standard InChI is InChI=1S/C27H33NO/c1-4-5-7-21(3)26(8-6-17-29)27(23-11-9-20(2)10-12-23)24-15-13-22(14-16-24)25-18-28-19-25/h4-5,7,9-16,25,28-29H,6,8,17-19H2,1-3H3/b5-4-,21-7+,27-26-. The molecule has 1 aliphatic rings. The number of allylic oxidation sites excluding steroid dienone is 5. The second-order valence-electron chi connectivity index (χ2n) is 7.90. The number of hydrogen-bond donors (Lipinski definition) is 2. The third kappa shape index (κ3) is 5.35. The van der Waals surface area contributed by atoms with Gasteiger partial charge in [-0.1, -0.05) is 72.3 Å². The van der Waals surface area contributed by atoms with Gasteiger partial charge in [0.05, 0.1) is 0 Å². The van der Waals surface area contributed by atoms with E-state index in [0.717, 1.165) is 25.9 Å². The summed E-state index contributed by atoms with van der Waals surface area (Å²) in [5.74, 6) is 0.640. The van der Waals surface area contributed by atoms with Gasteiger partial charge in [-0.2, -0.15) is 0 Å². The Morgan fingerprint density at radius 2 is 1.66 bits per heavy atom. The van der Waals surface area contributed by atoms with Crippen LogP contribution in [0.15, 0.2) is 77.9 Å². The number of aryl methyl sites for hydroxylation is 1. The van der Waals surface area contributed by atoms with Crippen LogP contribution in [-0.4, -0.2) is 24.8 Å². The minimum Gasteiger partial charge on any atom is -0.396 e. The molecule has 0 spiro atoms. The summed E-state index contributed by atoms with van der Waals surface area (Å²) in [6.07, 6.45) is 7.94. The highest BCUT2D eigenvalue weighted by molar-refractivity contribution is 5.84. The van der Waals surface area contributed by atoms with Gasteiger partial charge in [-0.25, -0.2) is 0 Å². The highest BCUT2D eigenvalue weighted by Crippen LogP contribution is 2.34. The van der Waals surface area contributed by atoms with Gasteiger partial charge >= 0.3 is 0 Å². The van der Waals surface area contributed by atoms with Crippen LogP contribution in [0.5, 0.6) is 0 Å². The van der Waals surface area contributed by atoms with E-state index in [9.17, 15) is 5.11 Å². The van der Waals surface area contributed by atoms with Crippen molar-refractivity contribution in [1.29, 1.82) is 0 Å². The summed E-state index contributed by atoms with van der Waals surface area (Å²) in [6, 6.07) is 17.9. The maximum atomic E-state index is 9.50. The van der Waals surface area contributed by atoms with Gasteiger partial charge in [0, 0.05) is 25.6 Å². The lowest BCUT2D eigenvalue weighted by atomic mass is 9.85. The molecular formula is C27H33NO. The van der Waals surface area contributed by atoms with Gasteiger partial charge in [-0.15, -0.1) is 0 Å². The molecule has 1 heterocycles. The fraction of sp³-hybridized carbons (Fsp3) is 0.333. The van der Waals surface area contributed by atoms with Crippen LogP contribution in [0.4, 0.5) is 0 Å². The average molecular weight is 388 g/mol. The average Bonchev–Trinajstić information content (AvgIpc) is 2.70. The Bertz CT molecular complexity index is 881. The molecule has 2 aromatic carbocycles. The fourth-order valence-electron chi connectivity index (χ4n) is 3.80. The van der Waals surface area contributed by atoms with Crippen LogP contribution in [0.3, 0.4) is 0 Å². The Balaban J connectivity index is 2.13. The lowest BCUT2D eigenvalue weighted by Gasteiger charge is -2.27. The van der Waals surface area contributed by atoms with E-state index < -0.39 is 0 Å². The smallest absolute Gasteiger partial charge is 0.0434 e. The molecule has 3 rings (SSSR count). The highest BCUT2D eigenvalue weighted by Gasteiger charge is 2.19. The van der Waals surface area contributed by atoms with Crippen molar-refractivity contribution in [2.45, 2.75) is 39.5 Å². The predicted octanol–water partition coefficient (Wildman–Crippen LogP) is 5.78. The van der Waals surface area contributed by atoms with Crippen molar-refractivity contribution in [3.05, 3.63) is 100 Å². The third-order valence-corrected chi connectivity index (χ3v) is 5.69. The number of nitrogens with one attached hydrogen (secondary N) is 1. The Morgan fingerprint density at radius 3 is 2.17 bits per heavy atom. The zero-order valence-corrected chi connectivity index (χ0v) is 17.9. The monoisotopic (exact) mass is 387 g/mol. The van der Waals surface area contributed by atoms with Crippen LogP contribution in [-0.2, 0) is 0 Å². The summed E-state index contributed by atoms with van der Waals surface area (Å²) in [7, 11) is 0. The maximum absolute atomic E-state index is 9.50. The van der Waals surface area contributed by atoms with Gasteiger partial charge in [-0.3, -0.25) is 0 Å². The van der Waals surface area contributed by atoms with Crippen LogP contribution in [0.1, 0.15) is 54.9 Å². The van der Waals surface area contributed by atoms with E-state index in [1.807, 2.05) is 6.92 Å². The molecule has 0 radical (unpaired) electrons. The molecule has 0 bridgehead atoms. The van der Waals surface area contributed by atoms with Gasteiger partial charge < -0.3 is 10.4 Å². The van der Waals surface area contributed by atoms with E-state index >= 15 is 0 Å². The first-order valence-electron chi connectivity index (χ1n) is 10.7. The second-order valence-corrected chi connectivity index (χ2v) is 7.90. The van der Waals surface area contributed by atoms with Crippen LogP contribution in [0, 0.1) is 6.92 Å². The number of hydrogen-bond acceptors (Lipinski definition) is 2. The Hall–Kier alpha value is -2.42. The zero-order chi connectivity index (χ0) is 20.6. The first-order chi connectivity index (χ1) is 14.1. The number of aliphatic hydroxyl groups excluding tert-OH is 1. The van der Waals surface area contributed by atoms with E-state index in [-0.39, 0.29) is 6.61 Å². The van der Waals surface area contributed by atoms with Crippen molar-refractivity contribution in [1.82, 2.24) is 5.32 Å². The minimum atomic E-state index is 0.204. The molecule has 0 amide bonds. The van der Waals surface area contributed by atoms with E-state index in [4.69, 9.17) is 0 Å². The Kier molecular flexibility index (Phi) is 7.62. The van der Waals surface area contributed by atoms with E-state index in [0.29, 0.717) is 5.92 Å². The first-order valence-corrected chi connectivity index (χ1v) is 10.7. The molecule has 1 aliphatic heterocycles. The Labute approximate surface area is 175 Å². The lowest BCUT2D eigenvalue weighted by Crippen LogP contribution is -2.39. The van der Waals surface area contributed by atoms with Crippen LogP contribution >= 0.6 is 0 Å². The van der Waals surface area contributed by atoms with E-state index in [1.54, 1.807) is 0 Å². The van der Waals surface area contributed by atoms with Gasteiger partial charge in [0.1, 0.15) is 0 Å². The molecule has 2 aromatic rings. The SMILES string of the molecule is C\C=C/C=C(C)/C(CCCO)=C(/c1ccc(C)cc1)c1ccc(C2CNC2)cc1. The summed E-state index contributed by atoms with van der Waals surface area (Å²) in [6.45, 7) is 8.69. The van der Waals surface area contributed by atoms with Crippen molar-refractivity contribution < 1.29 is 5.11 Å². The van der Waals surface area contributed by atoms with Gasteiger partial charge in [0.25, 0.3) is 0 Å². The molecule has 2 nitrogen and oxygen atoms in total. The Morgan fingerprint density at radius 1 is 1.03 bits per heavy atom. The molecular weight excluding hydrogens is 354 g/mol. The molecule has 29 heavy (non-hydrogen) atoms. The topological polar surface area (TPSA) is 32.3 Å². The number of aliphatic hydroxyl groups is 1. The molecule has 2 heteroatoms. The summed E-state index contributed by atoms with van der Waals surface area (Å²) >= 11 is 0. The minimum absolute atomic E-state index is 0.204. The maximum Gasteiger partial charge on any atom is 0.0434 e. The molecule has 0 saturated carbocycles. The van der Waals surface area contributed by atoms with Crippen molar-refractivity contribution in [2.24, 2.45) is 0 Å². The molecule has 0 aromatic heterocycles. The molecule has 152 valence electrons. The van der Waals surface area contributed by atoms with Crippen LogP contribution in [0.2, 0.25) is 0 Å².